The van der Waals surface area contributed by atoms with Crippen LogP contribution in [0.1, 0.15) is 30.5 Å². The van der Waals surface area contributed by atoms with Crippen molar-refractivity contribution in [1.29, 1.82) is 0 Å². The Balaban J connectivity index is 1.42. The Morgan fingerprint density at radius 2 is 2.08 bits per heavy atom. The van der Waals surface area contributed by atoms with E-state index in [1.54, 1.807) is 18.2 Å². The van der Waals surface area contributed by atoms with Gasteiger partial charge in [0.2, 0.25) is 0 Å². The quantitative estimate of drug-likeness (QED) is 0.847. The first-order valence-corrected chi connectivity index (χ1v) is 9.40. The van der Waals surface area contributed by atoms with E-state index in [1.807, 2.05) is 0 Å². The van der Waals surface area contributed by atoms with Crippen LogP contribution in [-0.4, -0.2) is 41.0 Å². The Labute approximate surface area is 161 Å². The zero-order chi connectivity index (χ0) is 18.3. The van der Waals surface area contributed by atoms with Gasteiger partial charge in [-0.25, -0.2) is 4.98 Å². The molecule has 0 saturated carbocycles. The molecule has 2 aromatic rings. The monoisotopic (exact) mass is 395 g/mol. The number of carbonyl (C=O) groups is 1. The molecule has 2 atom stereocenters. The Bertz CT molecular complexity index is 816. The first-order chi connectivity index (χ1) is 12.5. The number of piperidine rings is 3. The Hall–Kier alpha value is -1.76. The standard InChI is InChI=1S/C18H19Cl2N3O3/c1-10-16(11-4-6-23(10)7-5-11)22-17(24)18-21-9-15(26-18)25-12-2-3-13(19)14(20)8-12/h2-3,8-11,16H,4-7H2,1H3,(H,22,24). The van der Waals surface area contributed by atoms with E-state index in [4.69, 9.17) is 32.4 Å². The summed E-state index contributed by atoms with van der Waals surface area (Å²) in [6, 6.07) is 5.30. The second-order valence-corrected chi connectivity index (χ2v) is 7.59. The number of amides is 1. The van der Waals surface area contributed by atoms with Gasteiger partial charge in [-0.05, 0) is 50.9 Å². The van der Waals surface area contributed by atoms with Gasteiger partial charge >= 0.3 is 11.9 Å². The zero-order valence-electron chi connectivity index (χ0n) is 14.2. The number of hydrogen-bond donors (Lipinski definition) is 1. The van der Waals surface area contributed by atoms with Crippen LogP contribution in [0.4, 0.5) is 0 Å². The van der Waals surface area contributed by atoms with Crippen LogP contribution in [0.2, 0.25) is 10.0 Å². The molecular formula is C18H19Cl2N3O3. The molecule has 0 aliphatic carbocycles. The lowest BCUT2D eigenvalue weighted by Crippen LogP contribution is -2.62. The highest BCUT2D eigenvalue weighted by molar-refractivity contribution is 6.42. The lowest BCUT2D eigenvalue weighted by molar-refractivity contribution is 0.0209. The van der Waals surface area contributed by atoms with E-state index in [2.05, 4.69) is 22.1 Å². The summed E-state index contributed by atoms with van der Waals surface area (Å²) >= 11 is 11.8. The SMILES string of the molecule is CC1C(NC(=O)c2ncc(Oc3ccc(Cl)c(Cl)c3)o2)C2CCN1CC2. The maximum absolute atomic E-state index is 12.5. The molecule has 1 amide bonds. The molecule has 8 heteroatoms. The molecule has 2 bridgehead atoms. The fourth-order valence-corrected chi connectivity index (χ4v) is 4.11. The van der Waals surface area contributed by atoms with Gasteiger partial charge in [0.15, 0.2) is 0 Å². The number of benzene rings is 1. The molecule has 6 nitrogen and oxygen atoms in total. The van der Waals surface area contributed by atoms with Crippen molar-refractivity contribution in [3.8, 4) is 11.7 Å². The number of hydrogen-bond acceptors (Lipinski definition) is 5. The first kappa shape index (κ1) is 17.6. The van der Waals surface area contributed by atoms with Crippen molar-refractivity contribution < 1.29 is 13.9 Å². The van der Waals surface area contributed by atoms with Crippen molar-refractivity contribution in [2.45, 2.75) is 31.8 Å². The summed E-state index contributed by atoms with van der Waals surface area (Å²) in [6.45, 7) is 4.38. The van der Waals surface area contributed by atoms with Gasteiger partial charge in [-0.2, -0.15) is 0 Å². The average molecular weight is 396 g/mol. The van der Waals surface area contributed by atoms with Crippen LogP contribution < -0.4 is 10.1 Å². The van der Waals surface area contributed by atoms with Gasteiger partial charge in [-0.15, -0.1) is 0 Å². The molecular weight excluding hydrogens is 377 g/mol. The third kappa shape index (κ3) is 3.41. The summed E-state index contributed by atoms with van der Waals surface area (Å²) in [6.07, 6.45) is 3.61. The number of oxazole rings is 1. The summed E-state index contributed by atoms with van der Waals surface area (Å²) in [5.74, 6) is 0.758. The van der Waals surface area contributed by atoms with Crippen molar-refractivity contribution >= 4 is 29.1 Å². The van der Waals surface area contributed by atoms with Crippen molar-refractivity contribution in [2.75, 3.05) is 13.1 Å². The van der Waals surface area contributed by atoms with E-state index in [1.165, 1.54) is 6.20 Å². The van der Waals surface area contributed by atoms with Crippen LogP contribution >= 0.6 is 23.2 Å². The minimum atomic E-state index is -0.320. The van der Waals surface area contributed by atoms with Crippen LogP contribution in [-0.2, 0) is 0 Å². The summed E-state index contributed by atoms with van der Waals surface area (Å²) < 4.78 is 11.0. The predicted octanol–water partition coefficient (Wildman–Crippen LogP) is 3.99. The number of aromatic nitrogens is 1. The highest BCUT2D eigenvalue weighted by atomic mass is 35.5. The van der Waals surface area contributed by atoms with Gasteiger partial charge in [0.25, 0.3) is 5.89 Å². The minimum absolute atomic E-state index is 0.0105. The van der Waals surface area contributed by atoms with Crippen LogP contribution in [0, 0.1) is 5.92 Å². The third-order valence-electron chi connectivity index (χ3n) is 5.26. The van der Waals surface area contributed by atoms with Crippen molar-refractivity contribution in [1.82, 2.24) is 15.2 Å². The smallest absolute Gasteiger partial charge is 0.311 e. The molecule has 3 saturated heterocycles. The molecule has 1 aromatic carbocycles. The molecule has 0 radical (unpaired) electrons. The number of rotatable bonds is 4. The van der Waals surface area contributed by atoms with E-state index < -0.39 is 0 Å². The first-order valence-electron chi connectivity index (χ1n) is 8.65. The molecule has 5 rings (SSSR count). The molecule has 26 heavy (non-hydrogen) atoms. The molecule has 3 aliphatic heterocycles. The zero-order valence-corrected chi connectivity index (χ0v) is 15.8. The molecule has 3 aliphatic rings. The van der Waals surface area contributed by atoms with Gasteiger partial charge < -0.3 is 14.5 Å². The van der Waals surface area contributed by atoms with E-state index >= 15 is 0 Å². The van der Waals surface area contributed by atoms with Crippen molar-refractivity contribution in [2.24, 2.45) is 5.92 Å². The van der Waals surface area contributed by atoms with Gasteiger partial charge in [-0.1, -0.05) is 23.2 Å². The summed E-state index contributed by atoms with van der Waals surface area (Å²) in [5, 5.41) is 3.89. The van der Waals surface area contributed by atoms with Crippen molar-refractivity contribution in [3.63, 3.8) is 0 Å². The van der Waals surface area contributed by atoms with Gasteiger partial charge in [0, 0.05) is 18.2 Å². The van der Waals surface area contributed by atoms with Crippen molar-refractivity contribution in [3.05, 3.63) is 40.3 Å². The second-order valence-electron chi connectivity index (χ2n) is 6.78. The second kappa shape index (κ2) is 7.10. The topological polar surface area (TPSA) is 67.6 Å². The van der Waals surface area contributed by atoms with E-state index in [9.17, 15) is 4.79 Å². The van der Waals surface area contributed by atoms with Gasteiger partial charge in [0.1, 0.15) is 11.9 Å². The number of nitrogens with one attached hydrogen (secondary N) is 1. The highest BCUT2D eigenvalue weighted by Crippen LogP contribution is 2.33. The average Bonchev–Trinajstić information content (AvgIpc) is 3.10. The molecule has 2 unspecified atom stereocenters. The lowest BCUT2D eigenvalue weighted by atomic mass is 9.79. The lowest BCUT2D eigenvalue weighted by Gasteiger charge is -2.49. The van der Waals surface area contributed by atoms with Gasteiger partial charge in [0.05, 0.1) is 10.0 Å². The molecule has 1 N–H and O–H groups in total. The number of carbonyl (C=O) groups excluding carboxylic acids is 1. The summed E-state index contributed by atoms with van der Waals surface area (Å²) in [7, 11) is 0. The van der Waals surface area contributed by atoms with E-state index in [-0.39, 0.29) is 23.8 Å². The highest BCUT2D eigenvalue weighted by Gasteiger charge is 2.40. The summed E-state index contributed by atoms with van der Waals surface area (Å²) in [4.78, 5) is 19.0. The number of halogens is 2. The molecule has 4 heterocycles. The minimum Gasteiger partial charge on any atom is -0.425 e. The Morgan fingerprint density at radius 3 is 2.77 bits per heavy atom. The largest absolute Gasteiger partial charge is 0.425 e. The van der Waals surface area contributed by atoms with Gasteiger partial charge in [-0.3, -0.25) is 9.69 Å². The Morgan fingerprint density at radius 1 is 1.31 bits per heavy atom. The number of nitrogens with zero attached hydrogens (tertiary/aromatic N) is 2. The third-order valence-corrected chi connectivity index (χ3v) is 6.00. The predicted molar refractivity (Wildman–Crippen MR) is 98.1 cm³/mol. The maximum atomic E-state index is 12.5. The maximum Gasteiger partial charge on any atom is 0.311 e. The molecule has 138 valence electrons. The van der Waals surface area contributed by atoms with Crippen LogP contribution in [0.25, 0.3) is 0 Å². The fraction of sp³-hybridized carbons (Fsp3) is 0.444. The fourth-order valence-electron chi connectivity index (χ4n) is 3.83. The van der Waals surface area contributed by atoms with Crippen LogP contribution in [0.5, 0.6) is 11.7 Å². The Kier molecular flexibility index (Phi) is 4.82. The van der Waals surface area contributed by atoms with Crippen LogP contribution in [0.15, 0.2) is 28.8 Å². The number of fused-ring (bicyclic) bond motifs is 3. The normalized spacial score (nSPS) is 27.3. The summed E-state index contributed by atoms with van der Waals surface area (Å²) in [5.41, 5.74) is 0. The molecule has 0 spiro atoms. The van der Waals surface area contributed by atoms with E-state index in [0.29, 0.717) is 27.8 Å². The van der Waals surface area contributed by atoms with Crippen LogP contribution in [0.3, 0.4) is 0 Å². The van der Waals surface area contributed by atoms with E-state index in [0.717, 1.165) is 25.9 Å². The molecule has 1 aromatic heterocycles. The molecule has 3 fully saturated rings. The number of ether oxygens (including phenoxy) is 1.